The lowest BCUT2D eigenvalue weighted by Gasteiger charge is -2.11. The maximum atomic E-state index is 12.0. The van der Waals surface area contributed by atoms with Gasteiger partial charge in [-0.2, -0.15) is 0 Å². The Morgan fingerprint density at radius 2 is 1.73 bits per heavy atom. The summed E-state index contributed by atoms with van der Waals surface area (Å²) in [6, 6.07) is 19.3. The maximum Gasteiger partial charge on any atom is 0.397 e. The molecule has 1 aromatic heterocycles. The van der Waals surface area contributed by atoms with Crippen LogP contribution in [-0.4, -0.2) is 23.5 Å². The van der Waals surface area contributed by atoms with Crippen LogP contribution in [0.1, 0.15) is 18.4 Å². The van der Waals surface area contributed by atoms with E-state index in [1.54, 1.807) is 0 Å². The molecule has 0 saturated heterocycles. The fourth-order valence-corrected chi connectivity index (χ4v) is 3.08. The number of carbonyl (C=O) groups excluding carboxylic acids is 2. The number of hydrogen-bond donors (Lipinski definition) is 1. The summed E-state index contributed by atoms with van der Waals surface area (Å²) in [6.07, 6.45) is 0. The van der Waals surface area contributed by atoms with Crippen LogP contribution in [0.15, 0.2) is 66.0 Å². The summed E-state index contributed by atoms with van der Waals surface area (Å²) < 4.78 is 5.11. The molecule has 1 amide bonds. The average molecular weight is 366 g/mol. The molecule has 0 spiro atoms. The summed E-state index contributed by atoms with van der Waals surface area (Å²) in [5.74, 6) is -1.72. The fourth-order valence-electron chi connectivity index (χ4n) is 2.36. The highest BCUT2D eigenvalue weighted by molar-refractivity contribution is 7.14. The van der Waals surface area contributed by atoms with E-state index >= 15 is 0 Å². The predicted molar refractivity (Wildman–Crippen MR) is 102 cm³/mol. The number of esters is 1. The van der Waals surface area contributed by atoms with E-state index in [1.165, 1.54) is 11.3 Å². The van der Waals surface area contributed by atoms with Crippen LogP contribution >= 0.6 is 11.3 Å². The third-order valence-electron chi connectivity index (χ3n) is 3.81. The molecule has 3 rings (SSSR count). The van der Waals surface area contributed by atoms with Crippen molar-refractivity contribution in [2.24, 2.45) is 0 Å². The van der Waals surface area contributed by atoms with E-state index in [1.807, 2.05) is 73.0 Å². The Bertz CT molecular complexity index is 878. The van der Waals surface area contributed by atoms with Crippen LogP contribution in [0.2, 0.25) is 0 Å². The maximum absolute atomic E-state index is 12.0. The van der Waals surface area contributed by atoms with Crippen molar-refractivity contribution in [1.29, 1.82) is 0 Å². The first-order valence-electron chi connectivity index (χ1n) is 8.17. The monoisotopic (exact) mass is 366 g/mol. The van der Waals surface area contributed by atoms with Gasteiger partial charge in [0, 0.05) is 16.9 Å². The van der Waals surface area contributed by atoms with Gasteiger partial charge in [0.2, 0.25) is 0 Å². The second-order valence-corrected chi connectivity index (χ2v) is 6.63. The summed E-state index contributed by atoms with van der Waals surface area (Å²) >= 11 is 1.26. The normalized spacial score (nSPS) is 11.6. The average Bonchev–Trinajstić information content (AvgIpc) is 3.15. The molecule has 5 nitrogen and oxygen atoms in total. The van der Waals surface area contributed by atoms with E-state index in [-0.39, 0.29) is 12.5 Å². The zero-order valence-corrected chi connectivity index (χ0v) is 15.0. The third-order valence-corrected chi connectivity index (χ3v) is 4.57. The first kappa shape index (κ1) is 17.8. The van der Waals surface area contributed by atoms with Gasteiger partial charge in [-0.1, -0.05) is 67.6 Å². The molecule has 3 aromatic rings. The van der Waals surface area contributed by atoms with Gasteiger partial charge in [0.15, 0.2) is 5.13 Å². The number of amides is 1. The van der Waals surface area contributed by atoms with Gasteiger partial charge in [0.25, 0.3) is 0 Å². The molecular formula is C20H18N2O3S. The van der Waals surface area contributed by atoms with Crippen molar-refractivity contribution in [3.63, 3.8) is 0 Å². The summed E-state index contributed by atoms with van der Waals surface area (Å²) in [6.45, 7) is 2.08. The molecular weight excluding hydrogens is 348 g/mol. The summed E-state index contributed by atoms with van der Waals surface area (Å²) in [4.78, 5) is 28.2. The van der Waals surface area contributed by atoms with E-state index in [9.17, 15) is 9.59 Å². The molecule has 1 atom stereocenters. The highest BCUT2D eigenvalue weighted by atomic mass is 32.1. The molecule has 0 radical (unpaired) electrons. The first-order chi connectivity index (χ1) is 12.6. The van der Waals surface area contributed by atoms with Gasteiger partial charge in [-0.25, -0.2) is 9.78 Å². The molecule has 0 bridgehead atoms. The van der Waals surface area contributed by atoms with Gasteiger partial charge in [0.1, 0.15) is 0 Å². The van der Waals surface area contributed by atoms with Gasteiger partial charge in [-0.05, 0) is 5.56 Å². The number of anilines is 1. The summed E-state index contributed by atoms with van der Waals surface area (Å²) in [7, 11) is 0. The molecule has 1 heterocycles. The lowest BCUT2D eigenvalue weighted by molar-refractivity contribution is -0.152. The third kappa shape index (κ3) is 4.55. The predicted octanol–water partition coefficient (Wildman–Crippen LogP) is 4.10. The van der Waals surface area contributed by atoms with Gasteiger partial charge in [0.05, 0.1) is 12.3 Å². The van der Waals surface area contributed by atoms with E-state index in [0.29, 0.717) is 5.13 Å². The molecule has 0 aliphatic rings. The van der Waals surface area contributed by atoms with Crippen molar-refractivity contribution in [1.82, 2.24) is 4.98 Å². The Hall–Kier alpha value is -2.99. The Kier molecular flexibility index (Phi) is 5.76. The Morgan fingerprint density at radius 3 is 2.42 bits per heavy atom. The highest BCUT2D eigenvalue weighted by Gasteiger charge is 2.19. The number of thiazole rings is 1. The Morgan fingerprint density at radius 1 is 1.08 bits per heavy atom. The van der Waals surface area contributed by atoms with E-state index in [2.05, 4.69) is 10.3 Å². The quantitative estimate of drug-likeness (QED) is 0.545. The number of carbonyl (C=O) groups is 2. The number of nitrogens with zero attached hydrogens (tertiary/aromatic N) is 1. The van der Waals surface area contributed by atoms with E-state index < -0.39 is 11.9 Å². The number of ether oxygens (including phenoxy) is 1. The number of nitrogens with one attached hydrogen (secondary N) is 1. The van der Waals surface area contributed by atoms with E-state index in [4.69, 9.17) is 4.74 Å². The van der Waals surface area contributed by atoms with Crippen LogP contribution in [-0.2, 0) is 14.3 Å². The summed E-state index contributed by atoms with van der Waals surface area (Å²) in [5, 5.41) is 4.68. The molecule has 26 heavy (non-hydrogen) atoms. The smallest absolute Gasteiger partial charge is 0.397 e. The number of benzene rings is 2. The molecule has 0 saturated carbocycles. The van der Waals surface area contributed by atoms with Crippen LogP contribution < -0.4 is 5.32 Å². The molecule has 0 aliphatic heterocycles. The number of hydrogen-bond acceptors (Lipinski definition) is 5. The molecule has 132 valence electrons. The van der Waals surface area contributed by atoms with Crippen LogP contribution in [0.3, 0.4) is 0 Å². The summed E-state index contributed by atoms with van der Waals surface area (Å²) in [5.41, 5.74) is 2.74. The van der Waals surface area contributed by atoms with Gasteiger partial charge >= 0.3 is 11.9 Å². The molecule has 6 heteroatoms. The van der Waals surface area contributed by atoms with Crippen LogP contribution in [0.25, 0.3) is 11.3 Å². The van der Waals surface area contributed by atoms with Gasteiger partial charge in [-0.3, -0.25) is 10.1 Å². The lowest BCUT2D eigenvalue weighted by Crippen LogP contribution is -2.26. The zero-order chi connectivity index (χ0) is 18.4. The minimum absolute atomic E-state index is 0.0116. The van der Waals surface area contributed by atoms with Crippen molar-refractivity contribution < 1.29 is 14.3 Å². The molecule has 0 aliphatic carbocycles. The zero-order valence-electron chi connectivity index (χ0n) is 14.2. The topological polar surface area (TPSA) is 68.3 Å². The highest BCUT2D eigenvalue weighted by Crippen LogP contribution is 2.24. The van der Waals surface area contributed by atoms with Gasteiger partial charge in [-0.15, -0.1) is 11.3 Å². The molecule has 0 fully saturated rings. The number of rotatable bonds is 5. The second-order valence-electron chi connectivity index (χ2n) is 5.77. The Labute approximate surface area is 155 Å². The fraction of sp³-hybridized carbons (Fsp3) is 0.150. The van der Waals surface area contributed by atoms with Crippen molar-refractivity contribution in [3.05, 3.63) is 71.6 Å². The van der Waals surface area contributed by atoms with Gasteiger partial charge < -0.3 is 4.74 Å². The van der Waals surface area contributed by atoms with Crippen LogP contribution in [0, 0.1) is 0 Å². The van der Waals surface area contributed by atoms with Crippen LogP contribution in [0.5, 0.6) is 0 Å². The van der Waals surface area contributed by atoms with Crippen molar-refractivity contribution in [2.45, 2.75) is 12.8 Å². The second kappa shape index (κ2) is 8.40. The molecule has 1 unspecified atom stereocenters. The van der Waals surface area contributed by atoms with E-state index in [0.717, 1.165) is 16.8 Å². The minimum atomic E-state index is -0.913. The first-order valence-corrected chi connectivity index (χ1v) is 9.05. The minimum Gasteiger partial charge on any atom is -0.458 e. The molecule has 2 aromatic carbocycles. The number of aromatic nitrogens is 1. The standard InChI is InChI=1S/C20H18N2O3S/c1-14(15-8-4-2-5-9-15)12-25-19(24)18(23)22-20-21-17(13-26-20)16-10-6-3-7-11-16/h2-11,13-14H,12H2,1H3,(H,21,22,23). The van der Waals surface area contributed by atoms with Crippen LogP contribution in [0.4, 0.5) is 5.13 Å². The largest absolute Gasteiger partial charge is 0.458 e. The van der Waals surface area contributed by atoms with Crippen molar-refractivity contribution >= 4 is 28.3 Å². The lowest BCUT2D eigenvalue weighted by atomic mass is 10.0. The Balaban J connectivity index is 1.53. The SMILES string of the molecule is CC(COC(=O)C(=O)Nc1nc(-c2ccccc2)cs1)c1ccccc1. The van der Waals surface area contributed by atoms with Crippen molar-refractivity contribution in [3.8, 4) is 11.3 Å². The molecule has 1 N–H and O–H groups in total. The van der Waals surface area contributed by atoms with Crippen molar-refractivity contribution in [2.75, 3.05) is 11.9 Å².